The minimum absolute atomic E-state index is 0.0696. The summed E-state index contributed by atoms with van der Waals surface area (Å²) in [5, 5.41) is 3.83. The number of hydrogen-bond acceptors (Lipinski definition) is 6. The van der Waals surface area contributed by atoms with Gasteiger partial charge < -0.3 is 14.0 Å². The normalized spacial score (nSPS) is 19.7. The number of Topliss-reactive ketones (excluding diaryl/α,β-unsaturated/α-hetero) is 1. The van der Waals surface area contributed by atoms with Crippen LogP contribution in [0.5, 0.6) is 0 Å². The van der Waals surface area contributed by atoms with Crippen LogP contribution in [0, 0.1) is 0 Å². The molecule has 2 heterocycles. The Labute approximate surface area is 99.3 Å². The molecule has 1 saturated heterocycles. The van der Waals surface area contributed by atoms with Crippen molar-refractivity contribution in [2.24, 2.45) is 0 Å². The predicted octanol–water partition coefficient (Wildman–Crippen LogP) is 0.549. The van der Waals surface area contributed by atoms with Gasteiger partial charge in [-0.05, 0) is 12.8 Å². The van der Waals surface area contributed by atoms with Gasteiger partial charge in [-0.3, -0.25) is 4.79 Å². The van der Waals surface area contributed by atoms with E-state index in [-0.39, 0.29) is 24.9 Å². The molecule has 1 unspecified atom stereocenters. The highest BCUT2D eigenvalue weighted by atomic mass is 16.5. The molecule has 1 aromatic rings. The van der Waals surface area contributed by atoms with E-state index < -0.39 is 0 Å². The number of ketones is 1. The zero-order valence-corrected chi connectivity index (χ0v) is 9.85. The third-order valence-electron chi connectivity index (χ3n) is 2.60. The Bertz CT molecular complexity index is 371. The van der Waals surface area contributed by atoms with Crippen LogP contribution < -0.4 is 0 Å². The first kappa shape index (κ1) is 12.2. The maximum Gasteiger partial charge on any atom is 0.234 e. The molecule has 1 aliphatic rings. The van der Waals surface area contributed by atoms with Gasteiger partial charge in [0.15, 0.2) is 11.6 Å². The van der Waals surface area contributed by atoms with Crippen molar-refractivity contribution in [2.45, 2.75) is 31.8 Å². The molecule has 1 aromatic heterocycles. The van der Waals surface area contributed by atoms with E-state index in [1.165, 1.54) is 7.11 Å². The van der Waals surface area contributed by atoms with Gasteiger partial charge in [0.1, 0.15) is 6.61 Å². The maximum atomic E-state index is 11.3. The molecule has 94 valence electrons. The van der Waals surface area contributed by atoms with Gasteiger partial charge in [0, 0.05) is 20.1 Å². The summed E-state index contributed by atoms with van der Waals surface area (Å²) in [5.41, 5.74) is 0. The van der Waals surface area contributed by atoms with Gasteiger partial charge in [-0.15, -0.1) is 0 Å². The summed E-state index contributed by atoms with van der Waals surface area (Å²) in [6, 6.07) is 0. The number of nitrogens with zero attached hydrogens (tertiary/aromatic N) is 2. The lowest BCUT2D eigenvalue weighted by Gasteiger charge is -2.03. The lowest BCUT2D eigenvalue weighted by molar-refractivity contribution is -0.122. The van der Waals surface area contributed by atoms with Gasteiger partial charge in [-0.25, -0.2) is 0 Å². The van der Waals surface area contributed by atoms with Gasteiger partial charge in [0.25, 0.3) is 0 Å². The van der Waals surface area contributed by atoms with Crippen LogP contribution in [0.3, 0.4) is 0 Å². The third-order valence-corrected chi connectivity index (χ3v) is 2.60. The van der Waals surface area contributed by atoms with Crippen molar-refractivity contribution in [1.82, 2.24) is 10.1 Å². The Morgan fingerprint density at radius 1 is 1.59 bits per heavy atom. The summed E-state index contributed by atoms with van der Waals surface area (Å²) in [7, 11) is 1.48. The number of carbonyl (C=O) groups is 1. The van der Waals surface area contributed by atoms with Crippen LogP contribution in [0.1, 0.15) is 24.6 Å². The zero-order valence-electron chi connectivity index (χ0n) is 9.85. The van der Waals surface area contributed by atoms with Gasteiger partial charge in [0.2, 0.25) is 5.89 Å². The van der Waals surface area contributed by atoms with Crippen molar-refractivity contribution in [3.8, 4) is 0 Å². The molecule has 0 aliphatic carbocycles. The van der Waals surface area contributed by atoms with Gasteiger partial charge in [-0.2, -0.15) is 4.98 Å². The summed E-state index contributed by atoms with van der Waals surface area (Å²) in [6.45, 7) is 0.880. The molecule has 1 aliphatic heterocycles. The molecule has 0 radical (unpaired) electrons. The predicted molar refractivity (Wildman–Crippen MR) is 57.6 cm³/mol. The number of ether oxygens (including phenoxy) is 2. The molecular weight excluding hydrogens is 224 g/mol. The Morgan fingerprint density at radius 2 is 2.47 bits per heavy atom. The average Bonchev–Trinajstić information content (AvgIpc) is 2.91. The molecule has 1 atom stereocenters. The van der Waals surface area contributed by atoms with E-state index in [0.717, 1.165) is 19.4 Å². The maximum absolute atomic E-state index is 11.3. The first-order valence-corrected chi connectivity index (χ1v) is 5.71. The van der Waals surface area contributed by atoms with Crippen molar-refractivity contribution in [2.75, 3.05) is 20.3 Å². The molecule has 0 amide bonds. The third kappa shape index (κ3) is 3.61. The van der Waals surface area contributed by atoms with Crippen LogP contribution in [0.2, 0.25) is 0 Å². The summed E-state index contributed by atoms with van der Waals surface area (Å²) in [4.78, 5) is 15.5. The smallest absolute Gasteiger partial charge is 0.234 e. The molecule has 0 N–H and O–H groups in total. The zero-order chi connectivity index (χ0) is 12.1. The van der Waals surface area contributed by atoms with Crippen LogP contribution in [-0.2, 0) is 27.1 Å². The lowest BCUT2D eigenvalue weighted by atomic mass is 10.2. The Balaban J connectivity index is 1.84. The van der Waals surface area contributed by atoms with E-state index >= 15 is 0 Å². The first-order valence-electron chi connectivity index (χ1n) is 5.71. The van der Waals surface area contributed by atoms with Crippen LogP contribution in [-0.4, -0.2) is 42.4 Å². The molecule has 1 fully saturated rings. The van der Waals surface area contributed by atoms with Crippen LogP contribution >= 0.6 is 0 Å². The molecule has 17 heavy (non-hydrogen) atoms. The molecule has 2 rings (SSSR count). The number of methoxy groups -OCH3 is 1. The number of hydrogen-bond donors (Lipinski definition) is 0. The molecule has 0 spiro atoms. The van der Waals surface area contributed by atoms with Crippen LogP contribution in [0.25, 0.3) is 0 Å². The first-order chi connectivity index (χ1) is 8.28. The Kier molecular flexibility index (Phi) is 4.22. The summed E-state index contributed by atoms with van der Waals surface area (Å²) < 4.78 is 15.2. The highest BCUT2D eigenvalue weighted by Crippen LogP contribution is 2.15. The van der Waals surface area contributed by atoms with Crippen molar-refractivity contribution < 1.29 is 18.8 Å². The average molecular weight is 240 g/mol. The highest BCUT2D eigenvalue weighted by Gasteiger charge is 2.19. The molecule has 0 saturated carbocycles. The van der Waals surface area contributed by atoms with E-state index in [2.05, 4.69) is 10.1 Å². The van der Waals surface area contributed by atoms with E-state index in [0.29, 0.717) is 18.1 Å². The molecule has 0 aromatic carbocycles. The van der Waals surface area contributed by atoms with E-state index in [4.69, 9.17) is 14.0 Å². The van der Waals surface area contributed by atoms with E-state index in [9.17, 15) is 4.79 Å². The fourth-order valence-corrected chi connectivity index (χ4v) is 1.83. The SMILES string of the molecule is COCC(=O)Cc1nc(CC2CCCO2)no1. The summed E-state index contributed by atoms with van der Waals surface area (Å²) in [6.07, 6.45) is 3.10. The fraction of sp³-hybridized carbons (Fsp3) is 0.727. The molecular formula is C11H16N2O4. The second kappa shape index (κ2) is 5.88. The minimum Gasteiger partial charge on any atom is -0.378 e. The van der Waals surface area contributed by atoms with E-state index in [1.807, 2.05) is 0 Å². The van der Waals surface area contributed by atoms with Crippen LogP contribution in [0.15, 0.2) is 4.52 Å². The lowest BCUT2D eigenvalue weighted by Crippen LogP contribution is -2.11. The van der Waals surface area contributed by atoms with E-state index in [1.54, 1.807) is 0 Å². The quantitative estimate of drug-likeness (QED) is 0.722. The second-order valence-electron chi connectivity index (χ2n) is 4.09. The topological polar surface area (TPSA) is 74.5 Å². The highest BCUT2D eigenvalue weighted by molar-refractivity contribution is 5.81. The Morgan fingerprint density at radius 3 is 3.18 bits per heavy atom. The summed E-state index contributed by atoms with van der Waals surface area (Å²) in [5.74, 6) is 0.886. The standard InChI is InChI=1S/C11H16N2O4/c1-15-7-8(14)5-11-12-10(13-17-11)6-9-3-2-4-16-9/h9H,2-7H2,1H3. The van der Waals surface area contributed by atoms with Gasteiger partial charge in [0.05, 0.1) is 12.5 Å². The number of rotatable bonds is 6. The van der Waals surface area contributed by atoms with Gasteiger partial charge in [-0.1, -0.05) is 5.16 Å². The van der Waals surface area contributed by atoms with Crippen molar-refractivity contribution in [3.63, 3.8) is 0 Å². The molecule has 6 nitrogen and oxygen atoms in total. The number of aromatic nitrogens is 2. The van der Waals surface area contributed by atoms with Crippen LogP contribution in [0.4, 0.5) is 0 Å². The van der Waals surface area contributed by atoms with Crippen molar-refractivity contribution in [3.05, 3.63) is 11.7 Å². The molecule has 6 heteroatoms. The van der Waals surface area contributed by atoms with Gasteiger partial charge >= 0.3 is 0 Å². The van der Waals surface area contributed by atoms with Crippen molar-refractivity contribution >= 4 is 5.78 Å². The monoisotopic (exact) mass is 240 g/mol. The largest absolute Gasteiger partial charge is 0.378 e. The second-order valence-corrected chi connectivity index (χ2v) is 4.09. The van der Waals surface area contributed by atoms with Crippen molar-refractivity contribution in [1.29, 1.82) is 0 Å². The number of carbonyl (C=O) groups excluding carboxylic acids is 1. The summed E-state index contributed by atoms with van der Waals surface area (Å²) >= 11 is 0. The fourth-order valence-electron chi connectivity index (χ4n) is 1.83. The molecule has 0 bridgehead atoms. The Hall–Kier alpha value is -1.27. The minimum atomic E-state index is -0.0696.